The first-order chi connectivity index (χ1) is 7.78. The van der Waals surface area contributed by atoms with Gasteiger partial charge in [-0.1, -0.05) is 0 Å². The molecule has 2 N–H and O–H groups in total. The fraction of sp³-hybridized carbons (Fsp3) is 0.583. The normalized spacial score (nSPS) is 27.6. The van der Waals surface area contributed by atoms with Gasteiger partial charge in [0.25, 0.3) is 5.56 Å². The molecule has 16 heavy (non-hydrogen) atoms. The Morgan fingerprint density at radius 3 is 3.12 bits per heavy atom. The molecule has 4 nitrogen and oxygen atoms in total. The summed E-state index contributed by atoms with van der Waals surface area (Å²) < 4.78 is 1.89. The van der Waals surface area contributed by atoms with Crippen LogP contribution in [0.4, 0.5) is 0 Å². The summed E-state index contributed by atoms with van der Waals surface area (Å²) in [5.41, 5.74) is 1.87. The van der Waals surface area contributed by atoms with Gasteiger partial charge in [-0.05, 0) is 30.5 Å². The summed E-state index contributed by atoms with van der Waals surface area (Å²) >= 11 is 0. The molecule has 1 saturated heterocycles. The number of hydrogen-bond donors (Lipinski definition) is 2. The summed E-state index contributed by atoms with van der Waals surface area (Å²) in [6, 6.07) is 3.53. The van der Waals surface area contributed by atoms with Crippen molar-refractivity contribution in [1.29, 1.82) is 0 Å². The molecular weight excluding hydrogens is 204 g/mol. The van der Waals surface area contributed by atoms with Crippen molar-refractivity contribution < 1.29 is 5.11 Å². The van der Waals surface area contributed by atoms with Crippen LogP contribution in [0.3, 0.4) is 0 Å². The molecule has 2 bridgehead atoms. The van der Waals surface area contributed by atoms with E-state index in [1.807, 2.05) is 10.6 Å². The van der Waals surface area contributed by atoms with E-state index in [0.29, 0.717) is 11.8 Å². The average Bonchev–Trinajstić information content (AvgIpc) is 2.31. The van der Waals surface area contributed by atoms with Gasteiger partial charge in [0.1, 0.15) is 0 Å². The molecule has 0 unspecified atom stereocenters. The van der Waals surface area contributed by atoms with Crippen molar-refractivity contribution >= 4 is 0 Å². The summed E-state index contributed by atoms with van der Waals surface area (Å²) in [6.45, 7) is 2.74. The summed E-state index contributed by atoms with van der Waals surface area (Å²) in [5, 5.41) is 12.5. The van der Waals surface area contributed by atoms with Gasteiger partial charge in [0.2, 0.25) is 0 Å². The van der Waals surface area contributed by atoms with E-state index in [4.69, 9.17) is 5.11 Å². The highest BCUT2D eigenvalue weighted by Gasteiger charge is 2.30. The van der Waals surface area contributed by atoms with Crippen molar-refractivity contribution in [3.05, 3.63) is 33.7 Å². The zero-order valence-corrected chi connectivity index (χ0v) is 9.15. The second-order valence-corrected chi connectivity index (χ2v) is 4.85. The van der Waals surface area contributed by atoms with Crippen LogP contribution in [0.5, 0.6) is 0 Å². The van der Waals surface area contributed by atoms with Crippen LogP contribution < -0.4 is 10.9 Å². The molecule has 1 aromatic rings. The monoisotopic (exact) mass is 220 g/mol. The Morgan fingerprint density at radius 2 is 2.31 bits per heavy atom. The van der Waals surface area contributed by atoms with Gasteiger partial charge in [-0.15, -0.1) is 0 Å². The minimum absolute atomic E-state index is 0.0400. The molecular formula is C12H16N2O2. The van der Waals surface area contributed by atoms with Crippen LogP contribution in [-0.4, -0.2) is 22.8 Å². The fourth-order valence-corrected chi connectivity index (χ4v) is 2.95. The molecule has 0 radical (unpaired) electrons. The average molecular weight is 220 g/mol. The third-order valence-corrected chi connectivity index (χ3v) is 3.70. The lowest BCUT2D eigenvalue weighted by molar-refractivity contribution is 0.253. The van der Waals surface area contributed by atoms with Gasteiger partial charge >= 0.3 is 0 Å². The van der Waals surface area contributed by atoms with Gasteiger partial charge in [-0.25, -0.2) is 0 Å². The van der Waals surface area contributed by atoms with Gasteiger partial charge < -0.3 is 15.0 Å². The Balaban J connectivity index is 2.13. The van der Waals surface area contributed by atoms with Crippen molar-refractivity contribution in [3.8, 4) is 0 Å². The van der Waals surface area contributed by atoms with E-state index in [1.54, 1.807) is 6.07 Å². The van der Waals surface area contributed by atoms with Crippen LogP contribution in [0, 0.1) is 5.92 Å². The summed E-state index contributed by atoms with van der Waals surface area (Å²) in [6.07, 6.45) is 1.17. The highest BCUT2D eigenvalue weighted by molar-refractivity contribution is 5.23. The molecule has 3 rings (SSSR count). The lowest BCUT2D eigenvalue weighted by atomic mass is 9.84. The van der Waals surface area contributed by atoms with Crippen LogP contribution in [0.25, 0.3) is 0 Å². The maximum absolute atomic E-state index is 11.9. The number of hydrogen-bond acceptors (Lipinski definition) is 3. The number of aliphatic hydroxyl groups is 1. The van der Waals surface area contributed by atoms with E-state index in [-0.39, 0.29) is 12.2 Å². The Kier molecular flexibility index (Phi) is 2.33. The minimum atomic E-state index is -0.0490. The van der Waals surface area contributed by atoms with Gasteiger partial charge in [-0.3, -0.25) is 4.79 Å². The second kappa shape index (κ2) is 3.71. The number of nitrogens with one attached hydrogen (secondary N) is 1. The van der Waals surface area contributed by atoms with Gasteiger partial charge in [0.15, 0.2) is 0 Å². The molecule has 1 aromatic heterocycles. The molecule has 0 saturated carbocycles. The summed E-state index contributed by atoms with van der Waals surface area (Å²) in [4.78, 5) is 11.9. The van der Waals surface area contributed by atoms with Crippen molar-refractivity contribution in [1.82, 2.24) is 9.88 Å². The predicted octanol–water partition coefficient (Wildman–Crippen LogP) is 0.0473. The maximum atomic E-state index is 11.9. The van der Waals surface area contributed by atoms with Crippen LogP contribution in [0.15, 0.2) is 16.9 Å². The molecule has 0 amide bonds. The first-order valence-electron chi connectivity index (χ1n) is 5.83. The molecule has 0 aliphatic carbocycles. The Bertz CT molecular complexity index is 467. The Labute approximate surface area is 93.9 Å². The highest BCUT2D eigenvalue weighted by Crippen LogP contribution is 2.31. The second-order valence-electron chi connectivity index (χ2n) is 4.85. The van der Waals surface area contributed by atoms with Crippen LogP contribution in [0.1, 0.15) is 23.6 Å². The largest absolute Gasteiger partial charge is 0.392 e. The molecule has 2 atom stereocenters. The molecule has 1 fully saturated rings. The molecule has 4 heteroatoms. The third kappa shape index (κ3) is 1.49. The van der Waals surface area contributed by atoms with Crippen molar-refractivity contribution in [3.63, 3.8) is 0 Å². The number of fused-ring (bicyclic) bond motifs is 4. The van der Waals surface area contributed by atoms with E-state index in [9.17, 15) is 4.79 Å². The smallest absolute Gasteiger partial charge is 0.251 e. The minimum Gasteiger partial charge on any atom is -0.392 e. The summed E-state index contributed by atoms with van der Waals surface area (Å²) in [7, 11) is 0. The van der Waals surface area contributed by atoms with Gasteiger partial charge in [0.05, 0.1) is 6.61 Å². The van der Waals surface area contributed by atoms with Gasteiger partial charge in [0, 0.05) is 30.8 Å². The first kappa shape index (κ1) is 10.1. The molecule has 2 aliphatic rings. The standard InChI is InChI=1S/C12H16N2O2/c15-7-8-2-11-10-1-9(4-13-5-10)6-14(11)12(16)3-8/h2-3,9-10,13,15H,1,4-7H2/t9-,10+/m1/s1. The lowest BCUT2D eigenvalue weighted by Gasteiger charge is -2.37. The SMILES string of the molecule is O=c1cc(CO)cc2n1C[C@H]1CNC[C@@H]2C1. The zero-order chi connectivity index (χ0) is 11.1. The topological polar surface area (TPSA) is 54.3 Å². The lowest BCUT2D eigenvalue weighted by Crippen LogP contribution is -2.44. The zero-order valence-electron chi connectivity index (χ0n) is 9.15. The van der Waals surface area contributed by atoms with E-state index in [0.717, 1.165) is 30.9 Å². The quantitative estimate of drug-likeness (QED) is 0.703. The third-order valence-electron chi connectivity index (χ3n) is 3.70. The molecule has 0 spiro atoms. The molecule has 2 aliphatic heterocycles. The van der Waals surface area contributed by atoms with Gasteiger partial charge in [-0.2, -0.15) is 0 Å². The highest BCUT2D eigenvalue weighted by atomic mass is 16.3. The molecule has 0 aromatic carbocycles. The Hall–Kier alpha value is -1.13. The maximum Gasteiger partial charge on any atom is 0.251 e. The number of nitrogens with zero attached hydrogens (tertiary/aromatic N) is 1. The van der Waals surface area contributed by atoms with Crippen molar-refractivity contribution in [2.24, 2.45) is 5.92 Å². The predicted molar refractivity (Wildman–Crippen MR) is 60.3 cm³/mol. The number of pyridine rings is 1. The number of aliphatic hydroxyl groups excluding tert-OH is 1. The summed E-state index contributed by atoms with van der Waals surface area (Å²) in [5.74, 6) is 1.02. The van der Waals surface area contributed by atoms with Crippen LogP contribution >= 0.6 is 0 Å². The Morgan fingerprint density at radius 1 is 1.44 bits per heavy atom. The van der Waals surface area contributed by atoms with Crippen molar-refractivity contribution in [2.45, 2.75) is 25.5 Å². The fourth-order valence-electron chi connectivity index (χ4n) is 2.95. The first-order valence-corrected chi connectivity index (χ1v) is 5.83. The number of rotatable bonds is 1. The molecule has 3 heterocycles. The van der Waals surface area contributed by atoms with E-state index in [1.165, 1.54) is 6.42 Å². The molecule has 86 valence electrons. The number of piperidine rings is 1. The van der Waals surface area contributed by atoms with Crippen LogP contribution in [-0.2, 0) is 13.2 Å². The van der Waals surface area contributed by atoms with E-state index < -0.39 is 0 Å². The number of aromatic nitrogens is 1. The van der Waals surface area contributed by atoms with E-state index >= 15 is 0 Å². The van der Waals surface area contributed by atoms with Crippen molar-refractivity contribution in [2.75, 3.05) is 13.1 Å². The van der Waals surface area contributed by atoms with E-state index in [2.05, 4.69) is 5.32 Å². The van der Waals surface area contributed by atoms with Crippen LogP contribution in [0.2, 0.25) is 0 Å².